The Morgan fingerprint density at radius 1 is 1.67 bits per heavy atom. The van der Waals surface area contributed by atoms with E-state index in [1.165, 1.54) is 6.20 Å². The molecule has 0 unspecified atom stereocenters. The van der Waals surface area contributed by atoms with E-state index in [-0.39, 0.29) is 11.9 Å². The summed E-state index contributed by atoms with van der Waals surface area (Å²) < 4.78 is 5.68. The quantitative estimate of drug-likeness (QED) is 0.668. The number of halogens is 1. The highest BCUT2D eigenvalue weighted by Gasteiger charge is 2.23. The number of nitrogens with zero attached hydrogens (tertiary/aromatic N) is 2. The fourth-order valence-corrected chi connectivity index (χ4v) is 1.55. The summed E-state index contributed by atoms with van der Waals surface area (Å²) in [6.45, 7) is 1.15. The predicted octanol–water partition coefficient (Wildman–Crippen LogP) is 1.56. The Morgan fingerprint density at radius 2 is 2.40 bits per heavy atom. The molecule has 0 spiro atoms. The summed E-state index contributed by atoms with van der Waals surface area (Å²) in [5.74, 6) is -0.162. The van der Waals surface area contributed by atoms with Crippen LogP contribution in [0.25, 0.3) is 0 Å². The number of pyridine rings is 1. The summed E-state index contributed by atoms with van der Waals surface area (Å²) >= 11 is 3.22. The molecule has 2 heterocycles. The first kappa shape index (κ1) is 10.3. The van der Waals surface area contributed by atoms with Crippen LogP contribution in [0.1, 0.15) is 0 Å². The molecule has 1 fully saturated rings. The topological polar surface area (TPSA) is 77.3 Å². The van der Waals surface area contributed by atoms with Gasteiger partial charge in [-0.1, -0.05) is 0 Å². The van der Waals surface area contributed by atoms with Crippen LogP contribution in [0.5, 0.6) is 0 Å². The lowest BCUT2D eigenvalue weighted by Gasteiger charge is -2.27. The average molecular weight is 274 g/mol. The lowest BCUT2D eigenvalue weighted by molar-refractivity contribution is -0.388. The summed E-state index contributed by atoms with van der Waals surface area (Å²) in [4.78, 5) is 13.9. The highest BCUT2D eigenvalue weighted by Crippen LogP contribution is 2.26. The summed E-state index contributed by atoms with van der Waals surface area (Å²) in [5, 5.41) is 13.7. The van der Waals surface area contributed by atoms with Crippen molar-refractivity contribution in [2.45, 2.75) is 6.04 Å². The van der Waals surface area contributed by atoms with Crippen LogP contribution in [0.4, 0.5) is 11.5 Å². The molecular weight excluding hydrogens is 266 g/mol. The molecule has 6 nitrogen and oxygen atoms in total. The molecule has 0 amide bonds. The molecule has 0 bridgehead atoms. The first-order valence-corrected chi connectivity index (χ1v) is 5.10. The van der Waals surface area contributed by atoms with E-state index >= 15 is 0 Å². The third-order valence-corrected chi connectivity index (χ3v) is 2.44. The Hall–Kier alpha value is -1.21. The van der Waals surface area contributed by atoms with Gasteiger partial charge in [0.05, 0.1) is 23.7 Å². The summed E-state index contributed by atoms with van der Waals surface area (Å²) in [5.41, 5.74) is 0.419. The second-order valence-electron chi connectivity index (χ2n) is 3.16. The van der Waals surface area contributed by atoms with Crippen LogP contribution >= 0.6 is 15.9 Å². The van der Waals surface area contributed by atoms with E-state index in [1.54, 1.807) is 6.07 Å². The van der Waals surface area contributed by atoms with Crippen molar-refractivity contribution in [3.05, 3.63) is 26.9 Å². The van der Waals surface area contributed by atoms with Gasteiger partial charge in [0, 0.05) is 0 Å². The van der Waals surface area contributed by atoms with Gasteiger partial charge >= 0.3 is 5.82 Å². The van der Waals surface area contributed by atoms with Crippen LogP contribution in [-0.2, 0) is 4.74 Å². The van der Waals surface area contributed by atoms with Gasteiger partial charge in [0.1, 0.15) is 5.69 Å². The maximum Gasteiger partial charge on any atom is 0.387 e. The van der Waals surface area contributed by atoms with Crippen molar-refractivity contribution in [3.63, 3.8) is 0 Å². The molecule has 0 atom stereocenters. The fourth-order valence-electron chi connectivity index (χ4n) is 1.22. The van der Waals surface area contributed by atoms with Crippen LogP contribution in [0.3, 0.4) is 0 Å². The maximum atomic E-state index is 10.7. The van der Waals surface area contributed by atoms with Crippen LogP contribution in [0.15, 0.2) is 16.7 Å². The summed E-state index contributed by atoms with van der Waals surface area (Å²) in [6, 6.07) is 1.78. The molecule has 1 N–H and O–H groups in total. The Morgan fingerprint density at radius 3 is 2.93 bits per heavy atom. The molecular formula is C8H8BrN3O3. The van der Waals surface area contributed by atoms with Crippen molar-refractivity contribution in [1.29, 1.82) is 0 Å². The first-order valence-electron chi connectivity index (χ1n) is 4.31. The summed E-state index contributed by atoms with van der Waals surface area (Å²) in [7, 11) is 0. The smallest absolute Gasteiger partial charge is 0.377 e. The molecule has 1 aromatic heterocycles. The standard InChI is InChI=1S/C8H8BrN3O3/c9-5-1-7(11-6-3-15-4-6)8(10-2-5)12(13)14/h1-2,6,11H,3-4H2. The molecule has 7 heteroatoms. The number of rotatable bonds is 3. The highest BCUT2D eigenvalue weighted by molar-refractivity contribution is 9.10. The normalized spacial score (nSPS) is 15.8. The summed E-state index contributed by atoms with van der Waals surface area (Å²) in [6.07, 6.45) is 1.40. The molecule has 1 saturated heterocycles. The van der Waals surface area contributed by atoms with Crippen molar-refractivity contribution in [1.82, 2.24) is 4.98 Å². The van der Waals surface area contributed by atoms with E-state index < -0.39 is 4.92 Å². The Balaban J connectivity index is 2.24. The molecule has 1 aromatic rings. The zero-order valence-electron chi connectivity index (χ0n) is 7.64. The number of hydrogen-bond donors (Lipinski definition) is 1. The van der Waals surface area contributed by atoms with E-state index in [1.807, 2.05) is 0 Å². The molecule has 80 valence electrons. The average Bonchev–Trinajstić information content (AvgIpc) is 2.11. The van der Waals surface area contributed by atoms with E-state index in [2.05, 4.69) is 26.2 Å². The van der Waals surface area contributed by atoms with E-state index in [9.17, 15) is 10.1 Å². The molecule has 0 aromatic carbocycles. The van der Waals surface area contributed by atoms with Gasteiger partial charge in [-0.15, -0.1) is 0 Å². The lowest BCUT2D eigenvalue weighted by atomic mass is 10.2. The van der Waals surface area contributed by atoms with Crippen LogP contribution in [0.2, 0.25) is 0 Å². The van der Waals surface area contributed by atoms with Crippen molar-refractivity contribution < 1.29 is 9.66 Å². The first-order chi connectivity index (χ1) is 7.16. The Kier molecular flexibility index (Phi) is 2.83. The highest BCUT2D eigenvalue weighted by atomic mass is 79.9. The van der Waals surface area contributed by atoms with Gasteiger partial charge < -0.3 is 20.2 Å². The van der Waals surface area contributed by atoms with Crippen LogP contribution < -0.4 is 5.32 Å². The van der Waals surface area contributed by atoms with Crippen molar-refractivity contribution >= 4 is 27.4 Å². The van der Waals surface area contributed by atoms with Crippen LogP contribution in [-0.4, -0.2) is 29.2 Å². The third-order valence-electron chi connectivity index (χ3n) is 2.00. The van der Waals surface area contributed by atoms with E-state index in [0.29, 0.717) is 23.4 Å². The number of nitrogens with one attached hydrogen (secondary N) is 1. The minimum atomic E-state index is -0.506. The lowest BCUT2D eigenvalue weighted by Crippen LogP contribution is -2.40. The molecule has 0 saturated carbocycles. The zero-order chi connectivity index (χ0) is 10.8. The minimum absolute atomic E-state index is 0.139. The third kappa shape index (κ3) is 2.24. The monoisotopic (exact) mass is 273 g/mol. The number of aromatic nitrogens is 1. The molecule has 15 heavy (non-hydrogen) atoms. The van der Waals surface area contributed by atoms with Gasteiger partial charge in [0.15, 0.2) is 6.20 Å². The largest absolute Gasteiger partial charge is 0.387 e. The molecule has 2 rings (SSSR count). The molecule has 1 aliphatic rings. The van der Waals surface area contributed by atoms with Gasteiger partial charge in [-0.05, 0) is 31.9 Å². The van der Waals surface area contributed by atoms with Crippen LogP contribution in [0, 0.1) is 10.1 Å². The van der Waals surface area contributed by atoms with Gasteiger partial charge in [-0.2, -0.15) is 0 Å². The number of ether oxygens (including phenoxy) is 1. The number of nitro groups is 1. The molecule has 0 aliphatic carbocycles. The van der Waals surface area contributed by atoms with E-state index in [4.69, 9.17) is 4.74 Å². The van der Waals surface area contributed by atoms with Crippen molar-refractivity contribution in [2.75, 3.05) is 18.5 Å². The second kappa shape index (κ2) is 4.11. The van der Waals surface area contributed by atoms with Gasteiger partial charge in [-0.3, -0.25) is 0 Å². The van der Waals surface area contributed by atoms with E-state index in [0.717, 1.165) is 0 Å². The fraction of sp³-hybridized carbons (Fsp3) is 0.375. The Labute approximate surface area is 93.9 Å². The van der Waals surface area contributed by atoms with Gasteiger partial charge in [0.25, 0.3) is 0 Å². The zero-order valence-corrected chi connectivity index (χ0v) is 9.23. The maximum absolute atomic E-state index is 10.7. The van der Waals surface area contributed by atoms with Gasteiger partial charge in [0.2, 0.25) is 0 Å². The Bertz CT molecular complexity index is 395. The predicted molar refractivity (Wildman–Crippen MR) is 56.8 cm³/mol. The number of anilines is 1. The molecule has 0 radical (unpaired) electrons. The van der Waals surface area contributed by atoms with Gasteiger partial charge in [-0.25, -0.2) is 0 Å². The second-order valence-corrected chi connectivity index (χ2v) is 4.08. The van der Waals surface area contributed by atoms with Crippen molar-refractivity contribution in [3.8, 4) is 0 Å². The molecule has 1 aliphatic heterocycles. The number of hydrogen-bond acceptors (Lipinski definition) is 5. The van der Waals surface area contributed by atoms with Crippen molar-refractivity contribution in [2.24, 2.45) is 0 Å². The minimum Gasteiger partial charge on any atom is -0.377 e. The SMILES string of the molecule is O=[N+]([O-])c1ncc(Br)cc1NC1COC1.